The first-order valence-electron chi connectivity index (χ1n) is 7.07. The van der Waals surface area contributed by atoms with Crippen molar-refractivity contribution < 1.29 is 9.63 Å². The van der Waals surface area contributed by atoms with Crippen LogP contribution in [0, 0.1) is 13.8 Å². The van der Waals surface area contributed by atoms with Gasteiger partial charge in [-0.1, -0.05) is 48.3 Å². The average molecular weight is 274 g/mol. The molecular formula is C16H22N2O2. The normalized spacial score (nSPS) is 14.2. The number of aromatic nitrogens is 2. The second-order valence-electron chi connectivity index (χ2n) is 5.49. The highest BCUT2D eigenvalue weighted by Gasteiger charge is 2.20. The molecule has 2 aromatic rings. The molecule has 1 heterocycles. The lowest BCUT2D eigenvalue weighted by Crippen LogP contribution is -2.14. The van der Waals surface area contributed by atoms with E-state index in [4.69, 9.17) is 4.52 Å². The van der Waals surface area contributed by atoms with Crippen LogP contribution < -0.4 is 0 Å². The predicted octanol–water partition coefficient (Wildman–Crippen LogP) is 3.15. The summed E-state index contributed by atoms with van der Waals surface area (Å²) < 4.78 is 5.26. The van der Waals surface area contributed by atoms with E-state index in [0.717, 1.165) is 0 Å². The summed E-state index contributed by atoms with van der Waals surface area (Å²) in [4.78, 5) is 4.40. The Morgan fingerprint density at radius 2 is 1.85 bits per heavy atom. The van der Waals surface area contributed by atoms with Gasteiger partial charge in [0, 0.05) is 6.42 Å². The minimum absolute atomic E-state index is 0.125. The number of aryl methyl sites for hydroxylation is 2. The topological polar surface area (TPSA) is 59.2 Å². The molecule has 108 valence electrons. The number of benzene rings is 1. The second kappa shape index (κ2) is 6.18. The highest BCUT2D eigenvalue weighted by Crippen LogP contribution is 2.20. The maximum atomic E-state index is 9.82. The van der Waals surface area contributed by atoms with Gasteiger partial charge in [-0.25, -0.2) is 0 Å². The van der Waals surface area contributed by atoms with E-state index in [9.17, 15) is 5.11 Å². The van der Waals surface area contributed by atoms with Gasteiger partial charge < -0.3 is 9.63 Å². The summed E-state index contributed by atoms with van der Waals surface area (Å²) in [6, 6.07) is 6.41. The van der Waals surface area contributed by atoms with Crippen LogP contribution in [0.4, 0.5) is 0 Å². The third-order valence-corrected chi connectivity index (χ3v) is 3.51. The van der Waals surface area contributed by atoms with Crippen molar-refractivity contribution in [3.05, 3.63) is 46.6 Å². The highest BCUT2D eigenvalue weighted by atomic mass is 16.5. The summed E-state index contributed by atoms with van der Waals surface area (Å²) in [5, 5.41) is 13.8. The quantitative estimate of drug-likeness (QED) is 0.910. The molecule has 0 bridgehead atoms. The van der Waals surface area contributed by atoms with Crippen LogP contribution in [0.2, 0.25) is 0 Å². The zero-order valence-corrected chi connectivity index (χ0v) is 12.6. The first-order valence-corrected chi connectivity index (χ1v) is 7.07. The molecule has 0 aliphatic rings. The van der Waals surface area contributed by atoms with Crippen molar-refractivity contribution in [1.29, 1.82) is 0 Å². The van der Waals surface area contributed by atoms with Crippen molar-refractivity contribution in [3.8, 4) is 0 Å². The zero-order chi connectivity index (χ0) is 14.7. The van der Waals surface area contributed by atoms with Crippen molar-refractivity contribution in [2.24, 2.45) is 0 Å². The fourth-order valence-corrected chi connectivity index (χ4v) is 2.40. The fraction of sp³-hybridized carbons (Fsp3) is 0.500. The minimum atomic E-state index is -0.440. The molecule has 0 saturated carbocycles. The Labute approximate surface area is 119 Å². The van der Waals surface area contributed by atoms with Crippen LogP contribution in [0.3, 0.4) is 0 Å². The van der Waals surface area contributed by atoms with E-state index in [0.29, 0.717) is 24.6 Å². The van der Waals surface area contributed by atoms with Crippen molar-refractivity contribution in [1.82, 2.24) is 10.1 Å². The van der Waals surface area contributed by atoms with E-state index in [-0.39, 0.29) is 5.92 Å². The molecule has 0 fully saturated rings. The summed E-state index contributed by atoms with van der Waals surface area (Å²) in [5.41, 5.74) is 3.65. The number of hydrogen-bond acceptors (Lipinski definition) is 4. The summed E-state index contributed by atoms with van der Waals surface area (Å²) >= 11 is 0. The van der Waals surface area contributed by atoms with Crippen LogP contribution in [0.25, 0.3) is 0 Å². The summed E-state index contributed by atoms with van der Waals surface area (Å²) in [5.74, 6) is 1.05. The highest BCUT2D eigenvalue weighted by molar-refractivity contribution is 5.30. The Hall–Kier alpha value is -1.68. The molecule has 0 amide bonds. The van der Waals surface area contributed by atoms with Gasteiger partial charge >= 0.3 is 0 Å². The Kier molecular flexibility index (Phi) is 4.55. The van der Waals surface area contributed by atoms with E-state index < -0.39 is 6.10 Å². The molecule has 0 spiro atoms. The molecule has 0 aliphatic heterocycles. The maximum Gasteiger partial charge on any atom is 0.232 e. The predicted molar refractivity (Wildman–Crippen MR) is 77.7 cm³/mol. The minimum Gasteiger partial charge on any atom is -0.392 e. The molecule has 1 N–H and O–H groups in total. The van der Waals surface area contributed by atoms with Gasteiger partial charge in [0.15, 0.2) is 5.82 Å². The molecule has 2 unspecified atom stereocenters. The first kappa shape index (κ1) is 14.7. The van der Waals surface area contributed by atoms with Crippen molar-refractivity contribution >= 4 is 0 Å². The zero-order valence-electron chi connectivity index (χ0n) is 12.6. The lowest BCUT2D eigenvalue weighted by molar-refractivity contribution is 0.129. The lowest BCUT2D eigenvalue weighted by Gasteiger charge is -2.11. The van der Waals surface area contributed by atoms with Crippen molar-refractivity contribution in [3.63, 3.8) is 0 Å². The molecule has 20 heavy (non-hydrogen) atoms. The van der Waals surface area contributed by atoms with Crippen LogP contribution in [-0.2, 0) is 6.42 Å². The third kappa shape index (κ3) is 3.45. The molecule has 1 aromatic heterocycles. The molecule has 1 aromatic carbocycles. The monoisotopic (exact) mass is 274 g/mol. The van der Waals surface area contributed by atoms with Crippen LogP contribution in [-0.4, -0.2) is 21.4 Å². The molecule has 2 atom stereocenters. The van der Waals surface area contributed by atoms with Crippen LogP contribution >= 0.6 is 0 Å². The van der Waals surface area contributed by atoms with Crippen LogP contribution in [0.1, 0.15) is 54.6 Å². The average Bonchev–Trinajstić information content (AvgIpc) is 2.84. The molecule has 4 nitrogen and oxygen atoms in total. The van der Waals surface area contributed by atoms with Gasteiger partial charge in [0.1, 0.15) is 0 Å². The molecule has 0 radical (unpaired) electrons. The van der Waals surface area contributed by atoms with Crippen LogP contribution in [0.5, 0.6) is 0 Å². The maximum absolute atomic E-state index is 9.82. The van der Waals surface area contributed by atoms with Crippen molar-refractivity contribution in [2.75, 3.05) is 0 Å². The Morgan fingerprint density at radius 3 is 2.45 bits per heavy atom. The number of aliphatic hydroxyl groups excluding tert-OH is 1. The number of nitrogens with zero attached hydrogens (tertiary/aromatic N) is 2. The van der Waals surface area contributed by atoms with Crippen molar-refractivity contribution in [2.45, 2.75) is 52.6 Å². The molecule has 0 saturated heterocycles. The second-order valence-corrected chi connectivity index (χ2v) is 5.49. The Bertz CT molecular complexity index is 557. The van der Waals surface area contributed by atoms with Gasteiger partial charge in [-0.15, -0.1) is 0 Å². The molecule has 4 heteroatoms. The van der Waals surface area contributed by atoms with Gasteiger partial charge in [0.25, 0.3) is 0 Å². The summed E-state index contributed by atoms with van der Waals surface area (Å²) in [6.45, 7) is 8.01. The SMILES string of the molecule is CCC(O)C(C)c1nc(Cc2cc(C)cc(C)c2)no1. The summed E-state index contributed by atoms with van der Waals surface area (Å²) in [6.07, 6.45) is 0.890. The number of rotatable bonds is 5. The van der Waals surface area contributed by atoms with Gasteiger partial charge in [-0.2, -0.15) is 4.98 Å². The van der Waals surface area contributed by atoms with Crippen LogP contribution in [0.15, 0.2) is 22.7 Å². The van der Waals surface area contributed by atoms with E-state index in [1.165, 1.54) is 16.7 Å². The first-order chi connectivity index (χ1) is 9.49. The van der Waals surface area contributed by atoms with E-state index in [1.807, 2.05) is 13.8 Å². The van der Waals surface area contributed by atoms with Gasteiger partial charge in [-0.3, -0.25) is 0 Å². The van der Waals surface area contributed by atoms with E-state index >= 15 is 0 Å². The fourth-order valence-electron chi connectivity index (χ4n) is 2.40. The Balaban J connectivity index is 2.13. The van der Waals surface area contributed by atoms with Gasteiger partial charge in [-0.05, 0) is 25.8 Å². The van der Waals surface area contributed by atoms with E-state index in [2.05, 4.69) is 42.2 Å². The Morgan fingerprint density at radius 1 is 1.20 bits per heavy atom. The molecular weight excluding hydrogens is 252 g/mol. The van der Waals surface area contributed by atoms with E-state index in [1.54, 1.807) is 0 Å². The lowest BCUT2D eigenvalue weighted by atomic mass is 10.0. The van der Waals surface area contributed by atoms with Gasteiger partial charge in [0.2, 0.25) is 5.89 Å². The number of hydrogen-bond donors (Lipinski definition) is 1. The van der Waals surface area contributed by atoms with Gasteiger partial charge in [0.05, 0.1) is 12.0 Å². The standard InChI is InChI=1S/C16H22N2O2/c1-5-14(19)12(4)16-17-15(18-20-16)9-13-7-10(2)6-11(3)8-13/h6-8,12,14,19H,5,9H2,1-4H3. The summed E-state index contributed by atoms with van der Waals surface area (Å²) in [7, 11) is 0. The smallest absolute Gasteiger partial charge is 0.232 e. The molecule has 2 rings (SSSR count). The largest absolute Gasteiger partial charge is 0.392 e. The third-order valence-electron chi connectivity index (χ3n) is 3.51. The molecule has 0 aliphatic carbocycles. The number of aliphatic hydroxyl groups is 1.